The molecule has 1 unspecified atom stereocenters. The van der Waals surface area contributed by atoms with Crippen molar-refractivity contribution in [3.8, 4) is 0 Å². The molecule has 15 heavy (non-hydrogen) atoms. The molecule has 0 amide bonds. The van der Waals surface area contributed by atoms with Crippen molar-refractivity contribution in [2.75, 3.05) is 13.1 Å². The molecule has 1 aliphatic heterocycles. The lowest BCUT2D eigenvalue weighted by Crippen LogP contribution is -2.41. The van der Waals surface area contributed by atoms with Gasteiger partial charge in [-0.1, -0.05) is 6.42 Å². The Morgan fingerprint density at radius 1 is 1.60 bits per heavy atom. The van der Waals surface area contributed by atoms with Gasteiger partial charge in [-0.05, 0) is 19.4 Å². The first kappa shape index (κ1) is 10.6. The molecule has 0 radical (unpaired) electrons. The Labute approximate surface area is 90.3 Å². The van der Waals surface area contributed by atoms with Crippen LogP contribution in [0.5, 0.6) is 0 Å². The van der Waals surface area contributed by atoms with Gasteiger partial charge in [0.05, 0.1) is 6.54 Å². The van der Waals surface area contributed by atoms with Crippen molar-refractivity contribution in [3.63, 3.8) is 0 Å². The van der Waals surface area contributed by atoms with Gasteiger partial charge in [0.2, 0.25) is 0 Å². The van der Waals surface area contributed by atoms with E-state index in [4.69, 9.17) is 0 Å². The van der Waals surface area contributed by atoms with E-state index in [1.165, 1.54) is 19.3 Å². The molecule has 5 nitrogen and oxygen atoms in total. The number of aryl methyl sites for hydroxylation is 1. The molecule has 1 aromatic rings. The molecule has 0 saturated carbocycles. The molecule has 84 valence electrons. The molecule has 2 heterocycles. The van der Waals surface area contributed by atoms with Crippen LogP contribution in [0.4, 0.5) is 0 Å². The van der Waals surface area contributed by atoms with E-state index in [9.17, 15) is 0 Å². The van der Waals surface area contributed by atoms with Crippen LogP contribution in [-0.2, 0) is 13.6 Å². The molecule has 2 rings (SSSR count). The van der Waals surface area contributed by atoms with Crippen LogP contribution in [0.15, 0.2) is 6.33 Å². The Morgan fingerprint density at radius 2 is 2.53 bits per heavy atom. The first-order chi connectivity index (χ1) is 7.34. The summed E-state index contributed by atoms with van der Waals surface area (Å²) < 4.78 is 1.73. The number of piperidine rings is 1. The third-order valence-corrected chi connectivity index (χ3v) is 2.73. The fraction of sp³-hybridized carbons (Fsp3) is 0.800. The van der Waals surface area contributed by atoms with Gasteiger partial charge in [-0.3, -0.25) is 4.68 Å². The summed E-state index contributed by atoms with van der Waals surface area (Å²) in [4.78, 5) is 4.17. The normalized spacial score (nSPS) is 21.8. The van der Waals surface area contributed by atoms with Crippen molar-refractivity contribution in [2.45, 2.75) is 31.8 Å². The van der Waals surface area contributed by atoms with Crippen LogP contribution in [-0.4, -0.2) is 33.9 Å². The van der Waals surface area contributed by atoms with Gasteiger partial charge in [0.15, 0.2) is 5.82 Å². The Morgan fingerprint density at radius 3 is 3.20 bits per heavy atom. The molecule has 1 atom stereocenters. The van der Waals surface area contributed by atoms with Gasteiger partial charge in [0.25, 0.3) is 0 Å². The molecule has 1 fully saturated rings. The molecule has 0 bridgehead atoms. The topological polar surface area (TPSA) is 54.8 Å². The highest BCUT2D eigenvalue weighted by molar-refractivity contribution is 4.81. The van der Waals surface area contributed by atoms with Gasteiger partial charge >= 0.3 is 0 Å². The highest BCUT2D eigenvalue weighted by Crippen LogP contribution is 2.05. The summed E-state index contributed by atoms with van der Waals surface area (Å²) in [5, 5.41) is 11.1. The molecule has 1 aliphatic rings. The highest BCUT2D eigenvalue weighted by Gasteiger charge is 2.11. The zero-order valence-electron chi connectivity index (χ0n) is 9.24. The van der Waals surface area contributed by atoms with Gasteiger partial charge < -0.3 is 10.6 Å². The van der Waals surface area contributed by atoms with Gasteiger partial charge in [-0.15, -0.1) is 0 Å². The number of nitrogens with zero attached hydrogens (tertiary/aromatic N) is 3. The Kier molecular flexibility index (Phi) is 3.69. The van der Waals surface area contributed by atoms with E-state index in [1.54, 1.807) is 11.0 Å². The largest absolute Gasteiger partial charge is 0.313 e. The average molecular weight is 209 g/mol. The lowest BCUT2D eigenvalue weighted by Gasteiger charge is -2.23. The summed E-state index contributed by atoms with van der Waals surface area (Å²) in [7, 11) is 1.89. The number of hydrogen-bond acceptors (Lipinski definition) is 4. The predicted molar refractivity (Wildman–Crippen MR) is 58.4 cm³/mol. The second-order valence-corrected chi connectivity index (χ2v) is 4.11. The summed E-state index contributed by atoms with van der Waals surface area (Å²) in [6.07, 6.45) is 5.68. The quantitative estimate of drug-likeness (QED) is 0.735. The monoisotopic (exact) mass is 209 g/mol. The Balaban J connectivity index is 1.65. The first-order valence-electron chi connectivity index (χ1n) is 5.63. The fourth-order valence-corrected chi connectivity index (χ4v) is 1.92. The fourth-order valence-electron chi connectivity index (χ4n) is 1.92. The van der Waals surface area contributed by atoms with Crippen LogP contribution in [0.3, 0.4) is 0 Å². The van der Waals surface area contributed by atoms with E-state index in [0.29, 0.717) is 6.04 Å². The zero-order valence-corrected chi connectivity index (χ0v) is 9.24. The molecule has 1 aromatic heterocycles. The van der Waals surface area contributed by atoms with Gasteiger partial charge in [0.1, 0.15) is 6.33 Å². The van der Waals surface area contributed by atoms with Crippen molar-refractivity contribution < 1.29 is 0 Å². The third-order valence-electron chi connectivity index (χ3n) is 2.73. The van der Waals surface area contributed by atoms with Crippen molar-refractivity contribution in [1.29, 1.82) is 0 Å². The summed E-state index contributed by atoms with van der Waals surface area (Å²) in [6, 6.07) is 0.627. The van der Waals surface area contributed by atoms with Crippen LogP contribution in [0.1, 0.15) is 25.1 Å². The number of rotatable bonds is 4. The van der Waals surface area contributed by atoms with Crippen molar-refractivity contribution in [2.24, 2.45) is 7.05 Å². The second-order valence-electron chi connectivity index (χ2n) is 4.11. The minimum absolute atomic E-state index is 0.627. The maximum atomic E-state index is 4.22. The minimum atomic E-state index is 0.627. The maximum Gasteiger partial charge on any atom is 0.164 e. The van der Waals surface area contributed by atoms with E-state index >= 15 is 0 Å². The van der Waals surface area contributed by atoms with E-state index in [-0.39, 0.29) is 0 Å². The molecule has 5 heteroatoms. The molecule has 0 aromatic carbocycles. The first-order valence-corrected chi connectivity index (χ1v) is 5.63. The SMILES string of the molecule is Cn1cnc(CNCC2CCCCN2)n1. The van der Waals surface area contributed by atoms with E-state index < -0.39 is 0 Å². The number of aromatic nitrogens is 3. The van der Waals surface area contributed by atoms with Crippen molar-refractivity contribution in [3.05, 3.63) is 12.2 Å². The van der Waals surface area contributed by atoms with Gasteiger partial charge in [-0.25, -0.2) is 4.98 Å². The average Bonchev–Trinajstić information content (AvgIpc) is 2.66. The van der Waals surface area contributed by atoms with Gasteiger partial charge in [0, 0.05) is 19.6 Å². The van der Waals surface area contributed by atoms with Crippen LogP contribution >= 0.6 is 0 Å². The van der Waals surface area contributed by atoms with E-state index in [1.807, 2.05) is 7.05 Å². The van der Waals surface area contributed by atoms with Crippen LogP contribution in [0.2, 0.25) is 0 Å². The Bertz CT molecular complexity index is 290. The lowest BCUT2D eigenvalue weighted by molar-refractivity contribution is 0.382. The predicted octanol–water partition coefficient (Wildman–Crippen LogP) is 0.0468. The highest BCUT2D eigenvalue weighted by atomic mass is 15.3. The van der Waals surface area contributed by atoms with Crippen LogP contribution in [0, 0.1) is 0 Å². The second kappa shape index (κ2) is 5.23. The van der Waals surface area contributed by atoms with E-state index in [2.05, 4.69) is 20.7 Å². The third kappa shape index (κ3) is 3.28. The summed E-state index contributed by atoms with van der Waals surface area (Å²) in [5.74, 6) is 0.869. The Hall–Kier alpha value is -0.940. The maximum absolute atomic E-state index is 4.22. The van der Waals surface area contributed by atoms with E-state index in [0.717, 1.165) is 25.5 Å². The zero-order chi connectivity index (χ0) is 10.5. The molecule has 1 saturated heterocycles. The molecule has 0 spiro atoms. The molecule has 2 N–H and O–H groups in total. The standard InChI is InChI=1S/C10H19N5/c1-15-8-13-10(14-15)7-11-6-9-4-2-3-5-12-9/h8-9,11-12H,2-7H2,1H3. The van der Waals surface area contributed by atoms with Crippen LogP contribution in [0.25, 0.3) is 0 Å². The number of nitrogens with one attached hydrogen (secondary N) is 2. The summed E-state index contributed by atoms with van der Waals surface area (Å²) in [6.45, 7) is 2.94. The number of hydrogen-bond donors (Lipinski definition) is 2. The smallest absolute Gasteiger partial charge is 0.164 e. The minimum Gasteiger partial charge on any atom is -0.313 e. The molecular weight excluding hydrogens is 190 g/mol. The summed E-state index contributed by atoms with van der Waals surface area (Å²) >= 11 is 0. The molecule has 0 aliphatic carbocycles. The summed E-state index contributed by atoms with van der Waals surface area (Å²) in [5.41, 5.74) is 0. The van der Waals surface area contributed by atoms with Crippen molar-refractivity contribution >= 4 is 0 Å². The van der Waals surface area contributed by atoms with Crippen molar-refractivity contribution in [1.82, 2.24) is 25.4 Å². The van der Waals surface area contributed by atoms with Gasteiger partial charge in [-0.2, -0.15) is 5.10 Å². The molecular formula is C10H19N5. The lowest BCUT2D eigenvalue weighted by atomic mass is 10.1. The van der Waals surface area contributed by atoms with Crippen LogP contribution < -0.4 is 10.6 Å².